The number of para-hydroxylation sites is 1. The monoisotopic (exact) mass is 355 g/mol. The van der Waals surface area contributed by atoms with Gasteiger partial charge < -0.3 is 9.30 Å². The molecule has 2 aliphatic heterocycles. The first kappa shape index (κ1) is 17.5. The Hall–Kier alpha value is -1.89. The number of imidazole rings is 1. The van der Waals surface area contributed by atoms with Gasteiger partial charge in [-0.25, -0.2) is 4.98 Å². The van der Waals surface area contributed by atoms with Crippen molar-refractivity contribution in [1.29, 1.82) is 0 Å². The van der Waals surface area contributed by atoms with E-state index in [1.165, 1.54) is 18.4 Å². The minimum Gasteiger partial charge on any atom is -0.491 e. The molecule has 3 heterocycles. The third-order valence-corrected chi connectivity index (χ3v) is 5.69. The molecule has 0 aliphatic carbocycles. The van der Waals surface area contributed by atoms with Crippen LogP contribution in [0.1, 0.15) is 25.3 Å². The van der Waals surface area contributed by atoms with Crippen LogP contribution in [0.4, 0.5) is 0 Å². The molecule has 1 aromatic carbocycles. The molecular weight excluding hydrogens is 326 g/mol. The van der Waals surface area contributed by atoms with Crippen molar-refractivity contribution in [1.82, 2.24) is 25.3 Å². The minimum absolute atomic E-state index is 0.587. The number of piperidine rings is 1. The van der Waals surface area contributed by atoms with Crippen molar-refractivity contribution < 1.29 is 4.74 Å². The summed E-state index contributed by atoms with van der Waals surface area (Å²) >= 11 is 0. The number of hydrogen-bond donors (Lipinski definition) is 2. The lowest BCUT2D eigenvalue weighted by molar-refractivity contribution is 0.145. The summed E-state index contributed by atoms with van der Waals surface area (Å²) in [5, 5.41) is 0. The van der Waals surface area contributed by atoms with Crippen LogP contribution in [0.3, 0.4) is 0 Å². The smallest absolute Gasteiger partial charge is 0.123 e. The van der Waals surface area contributed by atoms with Gasteiger partial charge in [-0.2, -0.15) is 0 Å². The molecule has 2 fully saturated rings. The Balaban J connectivity index is 1.35. The van der Waals surface area contributed by atoms with Crippen LogP contribution in [0, 0.1) is 5.92 Å². The average molecular weight is 355 g/mol. The summed E-state index contributed by atoms with van der Waals surface area (Å²) < 4.78 is 8.12. The van der Waals surface area contributed by atoms with E-state index in [1.807, 2.05) is 17.1 Å². The van der Waals surface area contributed by atoms with E-state index < -0.39 is 0 Å². The Morgan fingerprint density at radius 1 is 1.27 bits per heavy atom. The summed E-state index contributed by atoms with van der Waals surface area (Å²) in [5.74, 6) is 1.70. The van der Waals surface area contributed by atoms with Gasteiger partial charge in [0, 0.05) is 55.6 Å². The standard InChI is InChI=1S/C20H29N5O/c1-2-18-17-14-25(9-7-19(17)23-22-18)13-16-5-3-4-6-20(16)26-12-11-24-10-8-21-15-24/h3-6,8,10,15,17-19,22-23H,2,7,9,11-14H2,1H3. The molecule has 0 amide bonds. The molecule has 2 aromatic rings. The first-order valence-electron chi connectivity index (χ1n) is 9.73. The second kappa shape index (κ2) is 8.20. The van der Waals surface area contributed by atoms with E-state index in [0.717, 1.165) is 31.9 Å². The van der Waals surface area contributed by atoms with E-state index in [1.54, 1.807) is 6.20 Å². The number of nitrogens with one attached hydrogen (secondary N) is 2. The molecule has 1 aromatic heterocycles. The maximum atomic E-state index is 6.08. The molecule has 3 atom stereocenters. The zero-order valence-electron chi connectivity index (χ0n) is 15.5. The van der Waals surface area contributed by atoms with Crippen molar-refractivity contribution in [2.24, 2.45) is 5.92 Å². The highest BCUT2D eigenvalue weighted by atomic mass is 16.5. The third kappa shape index (κ3) is 3.92. The van der Waals surface area contributed by atoms with Gasteiger partial charge in [0.05, 0.1) is 12.9 Å². The van der Waals surface area contributed by atoms with Gasteiger partial charge >= 0.3 is 0 Å². The molecule has 6 heteroatoms. The number of ether oxygens (including phenoxy) is 1. The molecule has 3 unspecified atom stereocenters. The predicted octanol–water partition coefficient (Wildman–Crippen LogP) is 2.04. The Labute approximate surface area is 155 Å². The van der Waals surface area contributed by atoms with E-state index in [4.69, 9.17) is 4.74 Å². The molecule has 0 bridgehead atoms. The topological polar surface area (TPSA) is 54.4 Å². The van der Waals surface area contributed by atoms with Gasteiger partial charge in [-0.05, 0) is 18.9 Å². The van der Waals surface area contributed by atoms with Crippen molar-refractivity contribution in [2.45, 2.75) is 44.9 Å². The second-order valence-electron chi connectivity index (χ2n) is 7.35. The fraction of sp³-hybridized carbons (Fsp3) is 0.550. The SMILES string of the molecule is CCC1NNC2CCN(Cc3ccccc3OCCn3ccnc3)CC12. The van der Waals surface area contributed by atoms with Gasteiger partial charge in [-0.3, -0.25) is 15.8 Å². The largest absolute Gasteiger partial charge is 0.491 e. The van der Waals surface area contributed by atoms with Crippen molar-refractivity contribution in [3.8, 4) is 5.75 Å². The van der Waals surface area contributed by atoms with E-state index in [0.29, 0.717) is 24.6 Å². The van der Waals surface area contributed by atoms with Crippen LogP contribution in [-0.4, -0.2) is 46.2 Å². The highest BCUT2D eigenvalue weighted by molar-refractivity contribution is 5.33. The van der Waals surface area contributed by atoms with Crippen molar-refractivity contribution >= 4 is 0 Å². The van der Waals surface area contributed by atoms with Gasteiger partial charge in [0.15, 0.2) is 0 Å². The van der Waals surface area contributed by atoms with Crippen LogP contribution in [0.5, 0.6) is 5.75 Å². The molecule has 26 heavy (non-hydrogen) atoms. The molecule has 0 spiro atoms. The van der Waals surface area contributed by atoms with Crippen molar-refractivity contribution in [3.05, 3.63) is 48.5 Å². The summed E-state index contributed by atoms with van der Waals surface area (Å²) in [6, 6.07) is 9.66. The number of rotatable bonds is 7. The van der Waals surface area contributed by atoms with Crippen LogP contribution >= 0.6 is 0 Å². The maximum Gasteiger partial charge on any atom is 0.123 e. The highest BCUT2D eigenvalue weighted by Crippen LogP contribution is 2.28. The molecule has 0 saturated carbocycles. The molecule has 2 saturated heterocycles. The number of fused-ring (bicyclic) bond motifs is 1. The van der Waals surface area contributed by atoms with Crippen LogP contribution in [0.2, 0.25) is 0 Å². The second-order valence-corrected chi connectivity index (χ2v) is 7.35. The number of hydrazine groups is 1. The quantitative estimate of drug-likeness (QED) is 0.796. The number of likely N-dealkylation sites (tertiary alicyclic amines) is 1. The fourth-order valence-electron chi connectivity index (χ4n) is 4.20. The van der Waals surface area contributed by atoms with E-state index in [9.17, 15) is 0 Å². The predicted molar refractivity (Wildman–Crippen MR) is 102 cm³/mol. The molecule has 2 N–H and O–H groups in total. The van der Waals surface area contributed by atoms with Crippen LogP contribution in [-0.2, 0) is 13.1 Å². The summed E-state index contributed by atoms with van der Waals surface area (Å²) in [6.07, 6.45) is 7.97. The average Bonchev–Trinajstić information content (AvgIpc) is 3.32. The number of nitrogens with zero attached hydrogens (tertiary/aromatic N) is 3. The molecular formula is C20H29N5O. The lowest BCUT2D eigenvalue weighted by atomic mass is 9.87. The summed E-state index contributed by atoms with van der Waals surface area (Å²) in [6.45, 7) is 6.98. The number of benzene rings is 1. The minimum atomic E-state index is 0.587. The Kier molecular flexibility index (Phi) is 5.53. The summed E-state index contributed by atoms with van der Waals surface area (Å²) in [4.78, 5) is 6.65. The normalized spacial score (nSPS) is 26.0. The zero-order valence-corrected chi connectivity index (χ0v) is 15.5. The fourth-order valence-corrected chi connectivity index (χ4v) is 4.20. The molecule has 0 radical (unpaired) electrons. The lowest BCUT2D eigenvalue weighted by Gasteiger charge is -2.36. The van der Waals surface area contributed by atoms with Crippen LogP contribution in [0.25, 0.3) is 0 Å². The summed E-state index contributed by atoms with van der Waals surface area (Å²) in [7, 11) is 0. The Morgan fingerprint density at radius 3 is 3.04 bits per heavy atom. The van der Waals surface area contributed by atoms with E-state index >= 15 is 0 Å². The molecule has 140 valence electrons. The maximum absolute atomic E-state index is 6.08. The van der Waals surface area contributed by atoms with Crippen LogP contribution in [0.15, 0.2) is 43.0 Å². The lowest BCUT2D eigenvalue weighted by Crippen LogP contribution is -2.45. The summed E-state index contributed by atoms with van der Waals surface area (Å²) in [5.41, 5.74) is 8.25. The Morgan fingerprint density at radius 2 is 2.19 bits per heavy atom. The zero-order chi connectivity index (χ0) is 17.8. The highest BCUT2D eigenvalue weighted by Gasteiger charge is 2.38. The van der Waals surface area contributed by atoms with Crippen LogP contribution < -0.4 is 15.6 Å². The first-order valence-corrected chi connectivity index (χ1v) is 9.73. The molecule has 6 nitrogen and oxygen atoms in total. The molecule has 4 rings (SSSR count). The van der Waals surface area contributed by atoms with E-state index in [2.05, 4.69) is 51.9 Å². The first-order chi connectivity index (χ1) is 12.8. The van der Waals surface area contributed by atoms with Crippen molar-refractivity contribution in [3.63, 3.8) is 0 Å². The van der Waals surface area contributed by atoms with Gasteiger partial charge in [0.2, 0.25) is 0 Å². The number of hydrogen-bond acceptors (Lipinski definition) is 5. The van der Waals surface area contributed by atoms with Gasteiger partial charge in [-0.15, -0.1) is 0 Å². The van der Waals surface area contributed by atoms with Gasteiger partial charge in [-0.1, -0.05) is 25.1 Å². The van der Waals surface area contributed by atoms with Crippen molar-refractivity contribution in [2.75, 3.05) is 19.7 Å². The molecule has 2 aliphatic rings. The third-order valence-electron chi connectivity index (χ3n) is 5.69. The van der Waals surface area contributed by atoms with Gasteiger partial charge in [0.1, 0.15) is 12.4 Å². The number of aromatic nitrogens is 2. The van der Waals surface area contributed by atoms with Gasteiger partial charge in [0.25, 0.3) is 0 Å². The Bertz CT molecular complexity index is 683. The van der Waals surface area contributed by atoms with E-state index in [-0.39, 0.29) is 0 Å².